The van der Waals surface area contributed by atoms with Crippen molar-refractivity contribution in [3.05, 3.63) is 23.8 Å². The van der Waals surface area contributed by atoms with Gasteiger partial charge in [0.2, 0.25) is 0 Å². The molecule has 76 valence electrons. The molecule has 0 heterocycles. The standard InChI is InChI=1S/C11H14O2S/c1-3-13-11-9(7-8(2)12)5-4-6-10(11)14/h4-6,14H,3,7H2,1-2H3. The Morgan fingerprint density at radius 2 is 2.21 bits per heavy atom. The lowest BCUT2D eigenvalue weighted by Crippen LogP contribution is -2.02. The molecular formula is C11H14O2S. The van der Waals surface area contributed by atoms with Crippen LogP contribution in [0.15, 0.2) is 23.1 Å². The fraction of sp³-hybridized carbons (Fsp3) is 0.364. The van der Waals surface area contributed by atoms with Gasteiger partial charge in [0.05, 0.1) is 6.61 Å². The Labute approximate surface area is 89.7 Å². The number of carbonyl (C=O) groups is 1. The quantitative estimate of drug-likeness (QED) is 0.773. The maximum Gasteiger partial charge on any atom is 0.136 e. The number of hydrogen-bond acceptors (Lipinski definition) is 3. The van der Waals surface area contributed by atoms with Gasteiger partial charge in [-0.1, -0.05) is 12.1 Å². The van der Waals surface area contributed by atoms with Gasteiger partial charge in [0.25, 0.3) is 0 Å². The van der Waals surface area contributed by atoms with Crippen molar-refractivity contribution in [2.24, 2.45) is 0 Å². The minimum atomic E-state index is 0.130. The number of rotatable bonds is 4. The Morgan fingerprint density at radius 3 is 2.79 bits per heavy atom. The predicted octanol–water partition coefficient (Wildman–Crippen LogP) is 2.51. The first-order valence-corrected chi connectivity index (χ1v) is 5.03. The highest BCUT2D eigenvalue weighted by Gasteiger charge is 2.08. The lowest BCUT2D eigenvalue weighted by molar-refractivity contribution is -0.116. The van der Waals surface area contributed by atoms with Gasteiger partial charge in [-0.25, -0.2) is 0 Å². The molecule has 0 saturated heterocycles. The van der Waals surface area contributed by atoms with E-state index in [0.29, 0.717) is 13.0 Å². The zero-order chi connectivity index (χ0) is 10.6. The van der Waals surface area contributed by atoms with Crippen LogP contribution in [0.1, 0.15) is 19.4 Å². The third-order valence-corrected chi connectivity index (χ3v) is 2.16. The highest BCUT2D eigenvalue weighted by Crippen LogP contribution is 2.27. The van der Waals surface area contributed by atoms with Gasteiger partial charge >= 0.3 is 0 Å². The van der Waals surface area contributed by atoms with Crippen LogP contribution >= 0.6 is 12.6 Å². The number of benzene rings is 1. The molecule has 3 heteroatoms. The SMILES string of the molecule is CCOc1c(S)cccc1CC(C)=O. The Bertz CT molecular complexity index is 334. The third-order valence-electron chi connectivity index (χ3n) is 1.80. The maximum atomic E-state index is 11.0. The van der Waals surface area contributed by atoms with Crippen LogP contribution in [0.25, 0.3) is 0 Å². The molecule has 14 heavy (non-hydrogen) atoms. The van der Waals surface area contributed by atoms with E-state index in [1.807, 2.05) is 25.1 Å². The number of para-hydroxylation sites is 1. The molecule has 0 bridgehead atoms. The van der Waals surface area contributed by atoms with E-state index >= 15 is 0 Å². The summed E-state index contributed by atoms with van der Waals surface area (Å²) >= 11 is 4.29. The number of hydrogen-bond donors (Lipinski definition) is 1. The van der Waals surface area contributed by atoms with Gasteiger partial charge in [0.1, 0.15) is 11.5 Å². The lowest BCUT2D eigenvalue weighted by atomic mass is 10.1. The van der Waals surface area contributed by atoms with E-state index in [-0.39, 0.29) is 5.78 Å². The van der Waals surface area contributed by atoms with Crippen molar-refractivity contribution >= 4 is 18.4 Å². The monoisotopic (exact) mass is 210 g/mol. The van der Waals surface area contributed by atoms with E-state index in [9.17, 15) is 4.79 Å². The smallest absolute Gasteiger partial charge is 0.136 e. The van der Waals surface area contributed by atoms with Crippen LogP contribution in [-0.2, 0) is 11.2 Å². The van der Waals surface area contributed by atoms with Crippen LogP contribution in [0, 0.1) is 0 Å². The van der Waals surface area contributed by atoms with Gasteiger partial charge in [0, 0.05) is 16.9 Å². The van der Waals surface area contributed by atoms with Gasteiger partial charge in [-0.2, -0.15) is 0 Å². The molecule has 0 spiro atoms. The minimum absolute atomic E-state index is 0.130. The lowest BCUT2D eigenvalue weighted by Gasteiger charge is -2.10. The van der Waals surface area contributed by atoms with Crippen molar-refractivity contribution < 1.29 is 9.53 Å². The Balaban J connectivity index is 3.01. The van der Waals surface area contributed by atoms with Crippen LogP contribution in [0.3, 0.4) is 0 Å². The van der Waals surface area contributed by atoms with Gasteiger partial charge in [-0.3, -0.25) is 4.79 Å². The topological polar surface area (TPSA) is 26.3 Å². The fourth-order valence-electron chi connectivity index (χ4n) is 1.29. The van der Waals surface area contributed by atoms with Crippen molar-refractivity contribution in [2.45, 2.75) is 25.2 Å². The molecule has 0 aliphatic carbocycles. The molecule has 0 radical (unpaired) electrons. The summed E-state index contributed by atoms with van der Waals surface area (Å²) < 4.78 is 5.44. The molecule has 0 saturated carbocycles. The molecular weight excluding hydrogens is 196 g/mol. The summed E-state index contributed by atoms with van der Waals surface area (Å²) in [4.78, 5) is 11.8. The summed E-state index contributed by atoms with van der Waals surface area (Å²) in [6.45, 7) is 4.07. The van der Waals surface area contributed by atoms with E-state index < -0.39 is 0 Å². The van der Waals surface area contributed by atoms with E-state index in [4.69, 9.17) is 4.74 Å². The average molecular weight is 210 g/mol. The first kappa shape index (κ1) is 11.1. The second-order valence-corrected chi connectivity index (χ2v) is 3.56. The van der Waals surface area contributed by atoms with Gasteiger partial charge < -0.3 is 4.74 Å². The largest absolute Gasteiger partial charge is 0.492 e. The number of Topliss-reactive ketones (excluding diaryl/α,β-unsaturated/α-hetero) is 1. The molecule has 0 unspecified atom stereocenters. The molecule has 1 aromatic rings. The van der Waals surface area contributed by atoms with E-state index in [1.165, 1.54) is 0 Å². The second kappa shape index (κ2) is 5.05. The highest BCUT2D eigenvalue weighted by atomic mass is 32.1. The number of ether oxygens (including phenoxy) is 1. The van der Waals surface area contributed by atoms with Crippen molar-refractivity contribution in [2.75, 3.05) is 6.61 Å². The van der Waals surface area contributed by atoms with Crippen LogP contribution in [0.5, 0.6) is 5.75 Å². The summed E-state index contributed by atoms with van der Waals surface area (Å²) in [5.74, 6) is 0.860. The van der Waals surface area contributed by atoms with Crippen molar-refractivity contribution in [3.8, 4) is 5.75 Å². The summed E-state index contributed by atoms with van der Waals surface area (Å²) in [5.41, 5.74) is 0.909. The Kier molecular flexibility index (Phi) is 4.01. The van der Waals surface area contributed by atoms with Crippen LogP contribution in [0.4, 0.5) is 0 Å². The number of thiol groups is 1. The second-order valence-electron chi connectivity index (χ2n) is 3.08. The molecule has 1 aromatic carbocycles. The molecule has 0 aliphatic rings. The number of ketones is 1. The first-order valence-electron chi connectivity index (χ1n) is 4.58. The highest BCUT2D eigenvalue weighted by molar-refractivity contribution is 7.80. The van der Waals surface area contributed by atoms with Crippen molar-refractivity contribution in [3.63, 3.8) is 0 Å². The minimum Gasteiger partial charge on any atom is -0.492 e. The van der Waals surface area contributed by atoms with Gasteiger partial charge in [-0.05, 0) is 19.9 Å². The summed E-state index contributed by atoms with van der Waals surface area (Å²) in [7, 11) is 0. The van der Waals surface area contributed by atoms with Crippen molar-refractivity contribution in [1.82, 2.24) is 0 Å². The zero-order valence-corrected chi connectivity index (χ0v) is 9.30. The molecule has 0 fully saturated rings. The summed E-state index contributed by atoms with van der Waals surface area (Å²) in [5, 5.41) is 0. The molecule has 0 atom stereocenters. The fourth-order valence-corrected chi connectivity index (χ4v) is 1.58. The van der Waals surface area contributed by atoms with Crippen LogP contribution in [0.2, 0.25) is 0 Å². The molecule has 2 nitrogen and oxygen atoms in total. The molecule has 0 aliphatic heterocycles. The first-order chi connectivity index (χ1) is 6.65. The normalized spacial score (nSPS) is 9.93. The Hall–Kier alpha value is -0.960. The van der Waals surface area contributed by atoms with Crippen LogP contribution in [-0.4, -0.2) is 12.4 Å². The molecule has 0 amide bonds. The molecule has 0 N–H and O–H groups in total. The van der Waals surface area contributed by atoms with E-state index in [2.05, 4.69) is 12.6 Å². The summed E-state index contributed by atoms with van der Waals surface area (Å²) in [6.07, 6.45) is 0.406. The third kappa shape index (κ3) is 2.77. The predicted molar refractivity (Wildman–Crippen MR) is 59.2 cm³/mol. The van der Waals surface area contributed by atoms with Crippen LogP contribution < -0.4 is 4.74 Å². The molecule has 1 rings (SSSR count). The number of carbonyl (C=O) groups excluding carboxylic acids is 1. The Morgan fingerprint density at radius 1 is 1.50 bits per heavy atom. The van der Waals surface area contributed by atoms with Gasteiger partial charge in [0.15, 0.2) is 0 Å². The molecule has 0 aromatic heterocycles. The zero-order valence-electron chi connectivity index (χ0n) is 8.41. The van der Waals surface area contributed by atoms with E-state index in [0.717, 1.165) is 16.2 Å². The average Bonchev–Trinajstić information content (AvgIpc) is 2.10. The van der Waals surface area contributed by atoms with Gasteiger partial charge in [-0.15, -0.1) is 12.6 Å². The summed E-state index contributed by atoms with van der Waals surface area (Å²) in [6, 6.07) is 5.63. The maximum absolute atomic E-state index is 11.0. The van der Waals surface area contributed by atoms with Crippen molar-refractivity contribution in [1.29, 1.82) is 0 Å². The van der Waals surface area contributed by atoms with E-state index in [1.54, 1.807) is 6.92 Å².